The zero-order valence-electron chi connectivity index (χ0n) is 9.59. The Morgan fingerprint density at radius 2 is 1.89 bits per heavy atom. The molecule has 0 saturated carbocycles. The predicted molar refractivity (Wildman–Crippen MR) is 65.2 cm³/mol. The minimum Gasteiger partial charge on any atom is -0.507 e. The van der Waals surface area contributed by atoms with Crippen LogP contribution in [0.25, 0.3) is 11.1 Å². The first-order valence-electron chi connectivity index (χ1n) is 5.29. The molecule has 0 atom stereocenters. The maximum absolute atomic E-state index is 13.7. The van der Waals surface area contributed by atoms with Crippen molar-refractivity contribution in [1.29, 1.82) is 5.26 Å². The Hall–Kier alpha value is -2.87. The lowest BCUT2D eigenvalue weighted by Gasteiger charge is -2.07. The first-order valence-corrected chi connectivity index (χ1v) is 5.29. The number of hydrogen-bond acceptors (Lipinski definition) is 3. The summed E-state index contributed by atoms with van der Waals surface area (Å²) in [5, 5.41) is 27.3. The molecule has 0 saturated heterocycles. The molecule has 0 bridgehead atoms. The van der Waals surface area contributed by atoms with Crippen molar-refractivity contribution >= 4 is 5.97 Å². The Kier molecular flexibility index (Phi) is 3.17. The van der Waals surface area contributed by atoms with E-state index in [2.05, 4.69) is 0 Å². The molecule has 5 heteroatoms. The fourth-order valence-electron chi connectivity index (χ4n) is 1.69. The summed E-state index contributed by atoms with van der Waals surface area (Å²) in [6.07, 6.45) is 0. The minimum absolute atomic E-state index is 0.0495. The third-order valence-corrected chi connectivity index (χ3v) is 2.63. The molecule has 0 fully saturated rings. The van der Waals surface area contributed by atoms with Crippen LogP contribution in [0.1, 0.15) is 15.9 Å². The number of aromatic carboxylic acids is 1. The number of phenolic OH excluding ortho intramolecular Hbond substituents is 1. The van der Waals surface area contributed by atoms with Gasteiger partial charge in [0, 0.05) is 11.1 Å². The van der Waals surface area contributed by atoms with Crippen LogP contribution in [-0.2, 0) is 0 Å². The van der Waals surface area contributed by atoms with Gasteiger partial charge < -0.3 is 10.2 Å². The van der Waals surface area contributed by atoms with Gasteiger partial charge >= 0.3 is 5.97 Å². The van der Waals surface area contributed by atoms with Crippen LogP contribution in [0.4, 0.5) is 4.39 Å². The van der Waals surface area contributed by atoms with Crippen LogP contribution in [0.5, 0.6) is 5.75 Å². The molecule has 0 amide bonds. The van der Waals surface area contributed by atoms with Crippen molar-refractivity contribution in [3.63, 3.8) is 0 Å². The van der Waals surface area contributed by atoms with Crippen molar-refractivity contribution in [2.24, 2.45) is 0 Å². The van der Waals surface area contributed by atoms with E-state index in [1.807, 2.05) is 6.07 Å². The second-order valence-electron chi connectivity index (χ2n) is 3.84. The molecule has 2 aromatic carbocycles. The van der Waals surface area contributed by atoms with Gasteiger partial charge in [-0.2, -0.15) is 5.26 Å². The van der Waals surface area contributed by atoms with Gasteiger partial charge in [0.1, 0.15) is 11.6 Å². The number of rotatable bonds is 2. The molecule has 2 rings (SSSR count). The van der Waals surface area contributed by atoms with Crippen molar-refractivity contribution in [1.82, 2.24) is 0 Å². The van der Waals surface area contributed by atoms with Gasteiger partial charge in [0.05, 0.1) is 17.2 Å². The van der Waals surface area contributed by atoms with E-state index in [1.165, 1.54) is 24.3 Å². The number of nitrogens with zero attached hydrogens (tertiary/aromatic N) is 1. The third-order valence-electron chi connectivity index (χ3n) is 2.63. The molecule has 2 N–H and O–H groups in total. The van der Waals surface area contributed by atoms with Gasteiger partial charge in [0.25, 0.3) is 0 Å². The first kappa shape index (κ1) is 12.6. The van der Waals surface area contributed by atoms with Gasteiger partial charge in [0.2, 0.25) is 0 Å². The van der Waals surface area contributed by atoms with Crippen LogP contribution in [0.3, 0.4) is 0 Å². The lowest BCUT2D eigenvalue weighted by molar-refractivity contribution is 0.0696. The molecular weight excluding hydrogens is 249 g/mol. The molecule has 4 nitrogen and oxygen atoms in total. The first-order chi connectivity index (χ1) is 9.02. The predicted octanol–water partition coefficient (Wildman–Crippen LogP) is 2.77. The number of hydrogen-bond donors (Lipinski definition) is 2. The Morgan fingerprint density at radius 3 is 2.47 bits per heavy atom. The van der Waals surface area contributed by atoms with Crippen LogP contribution in [0.15, 0.2) is 36.4 Å². The van der Waals surface area contributed by atoms with Crippen LogP contribution in [0.2, 0.25) is 0 Å². The molecule has 0 unspecified atom stereocenters. The van der Waals surface area contributed by atoms with Crippen molar-refractivity contribution in [2.75, 3.05) is 0 Å². The Morgan fingerprint density at radius 1 is 1.16 bits per heavy atom. The summed E-state index contributed by atoms with van der Waals surface area (Å²) in [7, 11) is 0. The summed E-state index contributed by atoms with van der Waals surface area (Å²) < 4.78 is 13.7. The van der Waals surface area contributed by atoms with Gasteiger partial charge in [-0.25, -0.2) is 9.18 Å². The molecular formula is C14H8FNO3. The Bertz CT molecular complexity index is 704. The molecule has 0 spiro atoms. The van der Waals surface area contributed by atoms with Crippen LogP contribution < -0.4 is 0 Å². The smallest absolute Gasteiger partial charge is 0.335 e. The molecule has 19 heavy (non-hydrogen) atoms. The average Bonchev–Trinajstić information content (AvgIpc) is 2.39. The number of carboxylic acid groups (broad SMARTS) is 1. The second kappa shape index (κ2) is 4.78. The number of benzene rings is 2. The average molecular weight is 257 g/mol. The van der Waals surface area contributed by atoms with Gasteiger partial charge in [-0.15, -0.1) is 0 Å². The van der Waals surface area contributed by atoms with E-state index in [-0.39, 0.29) is 28.0 Å². The number of nitriles is 1. The maximum Gasteiger partial charge on any atom is 0.335 e. The lowest BCUT2D eigenvalue weighted by atomic mass is 10.0. The number of halogens is 1. The Labute approximate surface area is 108 Å². The molecule has 0 aliphatic carbocycles. The van der Waals surface area contributed by atoms with Gasteiger partial charge in [-0.3, -0.25) is 0 Å². The summed E-state index contributed by atoms with van der Waals surface area (Å²) >= 11 is 0. The molecule has 0 aromatic heterocycles. The summed E-state index contributed by atoms with van der Waals surface area (Å²) in [5.74, 6) is -2.14. The fraction of sp³-hybridized carbons (Fsp3) is 0. The molecule has 0 radical (unpaired) electrons. The highest BCUT2D eigenvalue weighted by atomic mass is 19.1. The molecule has 0 aliphatic rings. The van der Waals surface area contributed by atoms with Crippen molar-refractivity contribution in [3.05, 3.63) is 53.3 Å². The second-order valence-corrected chi connectivity index (χ2v) is 3.84. The van der Waals surface area contributed by atoms with E-state index in [9.17, 15) is 14.3 Å². The molecule has 0 aliphatic heterocycles. The summed E-state index contributed by atoms with van der Waals surface area (Å²) in [4.78, 5) is 10.7. The largest absolute Gasteiger partial charge is 0.507 e. The summed E-state index contributed by atoms with van der Waals surface area (Å²) in [6.45, 7) is 0. The van der Waals surface area contributed by atoms with Crippen molar-refractivity contribution in [2.45, 2.75) is 0 Å². The number of phenols is 1. The highest BCUT2D eigenvalue weighted by Gasteiger charge is 2.13. The monoisotopic (exact) mass is 257 g/mol. The topological polar surface area (TPSA) is 81.3 Å². The number of carbonyl (C=O) groups is 1. The van der Waals surface area contributed by atoms with Gasteiger partial charge in [0.15, 0.2) is 0 Å². The summed E-state index contributed by atoms with van der Waals surface area (Å²) in [6, 6.07) is 9.21. The number of aromatic hydroxyl groups is 1. The Balaban J connectivity index is 2.60. The highest BCUT2D eigenvalue weighted by Crippen LogP contribution is 2.32. The van der Waals surface area contributed by atoms with E-state index in [4.69, 9.17) is 10.4 Å². The molecule has 0 heterocycles. The van der Waals surface area contributed by atoms with E-state index in [1.54, 1.807) is 0 Å². The normalized spacial score (nSPS) is 9.89. The van der Waals surface area contributed by atoms with Crippen molar-refractivity contribution < 1.29 is 19.4 Å². The van der Waals surface area contributed by atoms with Gasteiger partial charge in [-0.05, 0) is 36.4 Å². The van der Waals surface area contributed by atoms with Crippen LogP contribution >= 0.6 is 0 Å². The lowest BCUT2D eigenvalue weighted by Crippen LogP contribution is -1.96. The van der Waals surface area contributed by atoms with Crippen molar-refractivity contribution in [3.8, 4) is 22.9 Å². The highest BCUT2D eigenvalue weighted by molar-refractivity contribution is 5.89. The van der Waals surface area contributed by atoms with E-state index < -0.39 is 11.8 Å². The zero-order valence-corrected chi connectivity index (χ0v) is 9.59. The SMILES string of the molecule is N#Cc1ccc(F)c(-c2ccc(C(=O)O)cc2O)c1. The molecule has 2 aromatic rings. The number of carboxylic acids is 1. The minimum atomic E-state index is -1.19. The van der Waals surface area contributed by atoms with Gasteiger partial charge in [-0.1, -0.05) is 0 Å². The zero-order chi connectivity index (χ0) is 14.0. The van der Waals surface area contributed by atoms with Crippen LogP contribution in [-0.4, -0.2) is 16.2 Å². The maximum atomic E-state index is 13.7. The van der Waals surface area contributed by atoms with Crippen LogP contribution in [0, 0.1) is 17.1 Å². The standard InChI is InChI=1S/C14H8FNO3/c15-12-4-1-8(7-16)5-11(12)10-3-2-9(14(18)19)6-13(10)17/h1-6,17H,(H,18,19). The van der Waals surface area contributed by atoms with E-state index >= 15 is 0 Å². The quantitative estimate of drug-likeness (QED) is 0.866. The van der Waals surface area contributed by atoms with E-state index in [0.29, 0.717) is 0 Å². The fourth-order valence-corrected chi connectivity index (χ4v) is 1.69. The van der Waals surface area contributed by atoms with E-state index in [0.717, 1.165) is 12.1 Å². The molecule has 94 valence electrons. The summed E-state index contributed by atoms with van der Waals surface area (Å²) in [5.41, 5.74) is 0.337. The third kappa shape index (κ3) is 2.38.